The molecule has 0 radical (unpaired) electrons. The first kappa shape index (κ1) is 17.4. The molecule has 0 fully saturated rings. The predicted octanol–water partition coefficient (Wildman–Crippen LogP) is 2.91. The monoisotopic (exact) mass is 321 g/mol. The van der Waals surface area contributed by atoms with E-state index in [2.05, 4.69) is 23.4 Å². The van der Waals surface area contributed by atoms with Gasteiger partial charge in [0.2, 0.25) is 5.75 Å². The standard InChI is InChI=1S/C12H21N2O4PS/c1-6-17-19(15,16)18-11-7-13-12(9(2)3)14(8-11)20-10(4)5/h7-10H,6H2,1-5H3/p+1. The van der Waals surface area contributed by atoms with Gasteiger partial charge in [-0.15, -0.1) is 0 Å². The van der Waals surface area contributed by atoms with Crippen LogP contribution in [0.5, 0.6) is 5.75 Å². The molecule has 1 aromatic rings. The third-order valence-corrected chi connectivity index (χ3v) is 4.12. The number of hydrogen-bond acceptors (Lipinski definition) is 5. The van der Waals surface area contributed by atoms with Crippen LogP contribution in [-0.2, 0) is 9.09 Å². The highest BCUT2D eigenvalue weighted by Crippen LogP contribution is 2.43. The Kier molecular flexibility index (Phi) is 6.45. The van der Waals surface area contributed by atoms with Gasteiger partial charge >= 0.3 is 13.6 Å². The quantitative estimate of drug-likeness (QED) is 0.615. The maximum Gasteiger partial charge on any atom is 0.527 e. The lowest BCUT2D eigenvalue weighted by Crippen LogP contribution is -2.34. The third-order valence-electron chi connectivity index (χ3n) is 2.15. The molecule has 0 aliphatic rings. The number of hydrogen-bond donors (Lipinski definition) is 1. The van der Waals surface area contributed by atoms with Gasteiger partial charge in [0.1, 0.15) is 0 Å². The lowest BCUT2D eigenvalue weighted by Gasteiger charge is -2.12. The lowest BCUT2D eigenvalue weighted by molar-refractivity contribution is -0.511. The predicted molar refractivity (Wildman–Crippen MR) is 78.7 cm³/mol. The van der Waals surface area contributed by atoms with Crippen molar-refractivity contribution in [1.82, 2.24) is 4.98 Å². The second-order valence-corrected chi connectivity index (χ2v) is 7.69. The molecular weight excluding hydrogens is 299 g/mol. The van der Waals surface area contributed by atoms with E-state index in [0.29, 0.717) is 5.25 Å². The van der Waals surface area contributed by atoms with Crippen molar-refractivity contribution in [3.05, 3.63) is 18.2 Å². The van der Waals surface area contributed by atoms with E-state index >= 15 is 0 Å². The van der Waals surface area contributed by atoms with E-state index in [1.54, 1.807) is 25.1 Å². The lowest BCUT2D eigenvalue weighted by atomic mass is 10.2. The molecule has 0 amide bonds. The molecule has 6 nitrogen and oxygen atoms in total. The Morgan fingerprint density at radius 2 is 2.10 bits per heavy atom. The van der Waals surface area contributed by atoms with E-state index in [1.165, 1.54) is 6.20 Å². The van der Waals surface area contributed by atoms with Gasteiger partial charge in [-0.25, -0.2) is 4.57 Å². The molecule has 0 bridgehead atoms. The third kappa shape index (κ3) is 5.40. The molecule has 1 N–H and O–H groups in total. The number of rotatable bonds is 7. The molecule has 0 saturated heterocycles. The van der Waals surface area contributed by atoms with E-state index in [-0.39, 0.29) is 18.3 Å². The van der Waals surface area contributed by atoms with Crippen LogP contribution in [0.1, 0.15) is 46.4 Å². The van der Waals surface area contributed by atoms with Gasteiger partial charge in [-0.3, -0.25) is 9.42 Å². The molecular formula is C12H22N2O4PS+. The molecule has 1 atom stereocenters. The minimum absolute atomic E-state index is 0.103. The fraction of sp³-hybridized carbons (Fsp3) is 0.667. The highest BCUT2D eigenvalue weighted by Gasteiger charge is 2.26. The molecule has 0 aliphatic carbocycles. The average molecular weight is 321 g/mol. The summed E-state index contributed by atoms with van der Waals surface area (Å²) in [5.74, 6) is 1.32. The zero-order valence-corrected chi connectivity index (χ0v) is 14.1. The molecule has 1 aromatic heterocycles. The zero-order valence-electron chi connectivity index (χ0n) is 12.4. The first-order chi connectivity index (χ1) is 9.25. The number of phosphoric ester groups is 1. The maximum atomic E-state index is 11.6. The van der Waals surface area contributed by atoms with Crippen molar-refractivity contribution in [3.63, 3.8) is 0 Å². The van der Waals surface area contributed by atoms with E-state index in [9.17, 15) is 9.46 Å². The van der Waals surface area contributed by atoms with Crippen LogP contribution in [-0.4, -0.2) is 21.7 Å². The summed E-state index contributed by atoms with van der Waals surface area (Å²) in [5, 5.41) is 0.349. The first-order valence-electron chi connectivity index (χ1n) is 6.50. The van der Waals surface area contributed by atoms with Crippen LogP contribution in [0.25, 0.3) is 0 Å². The molecule has 20 heavy (non-hydrogen) atoms. The minimum Gasteiger partial charge on any atom is -0.396 e. The van der Waals surface area contributed by atoms with Gasteiger partial charge in [0.15, 0.2) is 12.4 Å². The molecule has 114 valence electrons. The van der Waals surface area contributed by atoms with Crippen molar-refractivity contribution in [1.29, 1.82) is 0 Å². The van der Waals surface area contributed by atoms with Gasteiger partial charge in [-0.2, -0.15) is 3.97 Å². The number of phosphoric acid groups is 1. The second-order valence-electron chi connectivity index (χ2n) is 4.76. The summed E-state index contributed by atoms with van der Waals surface area (Å²) < 4.78 is 23.1. The SMILES string of the molecule is CCOP(=O)(O)Oc1cnc(C(C)C)[n+](SC(C)C)c1. The van der Waals surface area contributed by atoms with Crippen molar-refractivity contribution in [2.24, 2.45) is 0 Å². The topological polar surface area (TPSA) is 72.5 Å². The Bertz CT molecular complexity index is 496. The molecule has 0 aromatic carbocycles. The average Bonchev–Trinajstić information content (AvgIpc) is 2.26. The van der Waals surface area contributed by atoms with Crippen molar-refractivity contribution in [2.75, 3.05) is 6.61 Å². The Labute approximate surface area is 124 Å². The van der Waals surface area contributed by atoms with Crippen LogP contribution in [0.3, 0.4) is 0 Å². The van der Waals surface area contributed by atoms with Crippen molar-refractivity contribution >= 4 is 19.8 Å². The summed E-state index contributed by atoms with van der Waals surface area (Å²) in [6.45, 7) is 9.93. The maximum absolute atomic E-state index is 11.6. The van der Waals surface area contributed by atoms with Crippen LogP contribution >= 0.6 is 19.8 Å². The van der Waals surface area contributed by atoms with Gasteiger partial charge < -0.3 is 4.52 Å². The summed E-state index contributed by atoms with van der Waals surface area (Å²) in [7, 11) is -4.07. The van der Waals surface area contributed by atoms with Gasteiger partial charge in [-0.05, 0) is 25.8 Å². The number of aromatic nitrogens is 2. The van der Waals surface area contributed by atoms with Gasteiger partial charge in [0, 0.05) is 5.25 Å². The molecule has 0 spiro atoms. The zero-order chi connectivity index (χ0) is 15.3. The highest BCUT2D eigenvalue weighted by molar-refractivity contribution is 7.93. The van der Waals surface area contributed by atoms with Crippen LogP contribution in [0.2, 0.25) is 0 Å². The molecule has 0 saturated carbocycles. The molecule has 0 aliphatic heterocycles. The molecule has 8 heteroatoms. The van der Waals surface area contributed by atoms with Gasteiger partial charge in [-0.1, -0.05) is 13.8 Å². The van der Waals surface area contributed by atoms with Crippen LogP contribution in [0.4, 0.5) is 0 Å². The fourth-order valence-corrected chi connectivity index (χ4v) is 3.21. The first-order valence-corrected chi connectivity index (χ1v) is 8.84. The Hall–Kier alpha value is -0.620. The fourth-order valence-electron chi connectivity index (χ4n) is 1.49. The van der Waals surface area contributed by atoms with E-state index in [4.69, 9.17) is 4.52 Å². The van der Waals surface area contributed by atoms with Crippen molar-refractivity contribution in [2.45, 2.75) is 45.8 Å². The summed E-state index contributed by atoms with van der Waals surface area (Å²) >= 11 is 1.57. The van der Waals surface area contributed by atoms with Crippen LogP contribution < -0.4 is 8.50 Å². The molecule has 1 unspecified atom stereocenters. The summed E-state index contributed by atoms with van der Waals surface area (Å²) in [6.07, 6.45) is 3.10. The van der Waals surface area contributed by atoms with E-state index < -0.39 is 7.82 Å². The van der Waals surface area contributed by atoms with Crippen LogP contribution in [0, 0.1) is 0 Å². The van der Waals surface area contributed by atoms with Gasteiger partial charge in [0.05, 0.1) is 24.5 Å². The van der Waals surface area contributed by atoms with Crippen LogP contribution in [0.15, 0.2) is 12.4 Å². The normalized spacial score (nSPS) is 14.6. The summed E-state index contributed by atoms with van der Waals surface area (Å²) in [4.78, 5) is 13.8. The molecule has 1 rings (SSSR count). The van der Waals surface area contributed by atoms with Gasteiger partial charge in [0.25, 0.3) is 0 Å². The summed E-state index contributed by atoms with van der Waals surface area (Å²) in [6, 6.07) is 0. The highest BCUT2D eigenvalue weighted by atomic mass is 32.2. The smallest absolute Gasteiger partial charge is 0.396 e. The van der Waals surface area contributed by atoms with E-state index in [0.717, 1.165) is 5.82 Å². The van der Waals surface area contributed by atoms with Crippen molar-refractivity contribution in [3.8, 4) is 5.75 Å². The number of nitrogens with zero attached hydrogens (tertiary/aromatic N) is 2. The largest absolute Gasteiger partial charge is 0.527 e. The Balaban J connectivity index is 3.03. The summed E-state index contributed by atoms with van der Waals surface area (Å²) in [5.41, 5.74) is 0. The minimum atomic E-state index is -4.07. The van der Waals surface area contributed by atoms with E-state index in [1.807, 2.05) is 17.8 Å². The Morgan fingerprint density at radius 3 is 2.60 bits per heavy atom. The second kappa shape index (κ2) is 7.41. The Morgan fingerprint density at radius 1 is 1.45 bits per heavy atom. The molecule has 1 heterocycles. The van der Waals surface area contributed by atoms with Crippen molar-refractivity contribution < 1.29 is 22.5 Å².